The van der Waals surface area contributed by atoms with Crippen molar-refractivity contribution in [2.24, 2.45) is 0 Å². The first-order valence-electron chi connectivity index (χ1n) is 7.90. The first-order valence-corrected chi connectivity index (χ1v) is 7.90. The van der Waals surface area contributed by atoms with Crippen molar-refractivity contribution >= 4 is 5.97 Å². The monoisotopic (exact) mass is 290 g/mol. The molecule has 0 bridgehead atoms. The number of unbranched alkanes of at least 4 members (excludes halogenated alkanes) is 1. The maximum absolute atomic E-state index is 11.0. The van der Waals surface area contributed by atoms with E-state index in [-0.39, 0.29) is 6.04 Å². The van der Waals surface area contributed by atoms with E-state index in [1.807, 2.05) is 0 Å². The highest BCUT2D eigenvalue weighted by Gasteiger charge is 2.24. The Bertz CT molecular complexity index is 428. The minimum atomic E-state index is -0.716. The number of carboxylic acids is 1. The zero-order chi connectivity index (χ0) is 15.1. The van der Waals surface area contributed by atoms with Gasteiger partial charge >= 0.3 is 5.97 Å². The van der Waals surface area contributed by atoms with E-state index >= 15 is 0 Å². The fraction of sp³-hybridized carbons (Fsp3) is 0.588. The normalized spacial score (nSPS) is 18.5. The topological polar surface area (TPSA) is 43.8 Å². The van der Waals surface area contributed by atoms with Crippen LogP contribution < -0.4 is 0 Å². The Kier molecular flexibility index (Phi) is 6.21. The number of carbonyl (C=O) groups is 1. The Labute approximate surface area is 127 Å². The van der Waals surface area contributed by atoms with Crippen molar-refractivity contribution in [3.05, 3.63) is 35.9 Å². The predicted octanol–water partition coefficient (Wildman–Crippen LogP) is 2.10. The molecule has 0 amide bonds. The maximum Gasteiger partial charge on any atom is 0.320 e. The van der Waals surface area contributed by atoms with Crippen molar-refractivity contribution in [2.45, 2.75) is 32.2 Å². The van der Waals surface area contributed by atoms with Crippen LogP contribution in [0.3, 0.4) is 0 Å². The van der Waals surface area contributed by atoms with Crippen LogP contribution in [0.5, 0.6) is 0 Å². The first-order chi connectivity index (χ1) is 10.2. The molecular weight excluding hydrogens is 264 g/mol. The van der Waals surface area contributed by atoms with E-state index in [0.717, 1.165) is 39.1 Å². The summed E-state index contributed by atoms with van der Waals surface area (Å²) >= 11 is 0. The van der Waals surface area contributed by atoms with Crippen molar-refractivity contribution < 1.29 is 9.90 Å². The Morgan fingerprint density at radius 3 is 2.43 bits per heavy atom. The second-order valence-corrected chi connectivity index (χ2v) is 5.83. The molecular formula is C17H26N2O2. The molecule has 0 saturated carbocycles. The highest BCUT2D eigenvalue weighted by atomic mass is 16.4. The highest BCUT2D eigenvalue weighted by Crippen LogP contribution is 2.09. The second kappa shape index (κ2) is 8.15. The summed E-state index contributed by atoms with van der Waals surface area (Å²) in [7, 11) is 0. The van der Waals surface area contributed by atoms with E-state index in [2.05, 4.69) is 40.1 Å². The van der Waals surface area contributed by atoms with Gasteiger partial charge in [0.25, 0.3) is 0 Å². The maximum atomic E-state index is 11.0. The van der Waals surface area contributed by atoms with Gasteiger partial charge in [0.1, 0.15) is 6.04 Å². The van der Waals surface area contributed by atoms with Crippen molar-refractivity contribution in [2.75, 3.05) is 32.7 Å². The SMILES string of the molecule is CC(C(=O)O)N1CCN(CCCCc2ccccc2)CC1. The van der Waals surface area contributed by atoms with E-state index in [1.54, 1.807) is 6.92 Å². The zero-order valence-corrected chi connectivity index (χ0v) is 12.9. The summed E-state index contributed by atoms with van der Waals surface area (Å²) in [6.45, 7) is 6.62. The van der Waals surface area contributed by atoms with Crippen LogP contribution in [-0.4, -0.2) is 59.6 Å². The number of aryl methyl sites for hydroxylation is 1. The number of piperazine rings is 1. The van der Waals surface area contributed by atoms with Crippen molar-refractivity contribution in [3.63, 3.8) is 0 Å². The number of benzene rings is 1. The van der Waals surface area contributed by atoms with E-state index < -0.39 is 5.97 Å². The molecule has 4 heteroatoms. The van der Waals surface area contributed by atoms with Crippen LogP contribution in [0.25, 0.3) is 0 Å². The fourth-order valence-electron chi connectivity index (χ4n) is 2.84. The fourth-order valence-corrected chi connectivity index (χ4v) is 2.84. The van der Waals surface area contributed by atoms with Crippen LogP contribution >= 0.6 is 0 Å². The standard InChI is InChI=1S/C17H26N2O2/c1-15(17(20)21)19-13-11-18(12-14-19)10-6-5-9-16-7-3-2-4-8-16/h2-4,7-8,15H,5-6,9-14H2,1H3,(H,20,21). The number of rotatable bonds is 7. The number of hydrogen-bond donors (Lipinski definition) is 1. The lowest BCUT2D eigenvalue weighted by molar-refractivity contribution is -0.143. The highest BCUT2D eigenvalue weighted by molar-refractivity contribution is 5.72. The van der Waals surface area contributed by atoms with Crippen LogP contribution in [0.1, 0.15) is 25.3 Å². The van der Waals surface area contributed by atoms with Crippen molar-refractivity contribution in [1.29, 1.82) is 0 Å². The molecule has 0 spiro atoms. The number of hydrogen-bond acceptors (Lipinski definition) is 3. The molecule has 0 aromatic heterocycles. The summed E-state index contributed by atoms with van der Waals surface area (Å²) in [6, 6.07) is 10.3. The van der Waals surface area contributed by atoms with Crippen molar-refractivity contribution in [1.82, 2.24) is 9.80 Å². The Balaban J connectivity index is 1.60. The summed E-state index contributed by atoms with van der Waals surface area (Å²) < 4.78 is 0. The van der Waals surface area contributed by atoms with Gasteiger partial charge in [-0.15, -0.1) is 0 Å². The Morgan fingerprint density at radius 2 is 1.81 bits per heavy atom. The third-order valence-electron chi connectivity index (χ3n) is 4.34. The summed E-state index contributed by atoms with van der Waals surface area (Å²) in [5, 5.41) is 9.03. The zero-order valence-electron chi connectivity index (χ0n) is 12.9. The van der Waals surface area contributed by atoms with Gasteiger partial charge in [-0.25, -0.2) is 0 Å². The number of carboxylic acid groups (broad SMARTS) is 1. The van der Waals surface area contributed by atoms with E-state index in [9.17, 15) is 4.79 Å². The van der Waals surface area contributed by atoms with Crippen molar-refractivity contribution in [3.8, 4) is 0 Å². The molecule has 1 aliphatic heterocycles. The average molecular weight is 290 g/mol. The first kappa shape index (κ1) is 16.0. The third-order valence-corrected chi connectivity index (χ3v) is 4.34. The number of nitrogens with zero attached hydrogens (tertiary/aromatic N) is 2. The molecule has 1 unspecified atom stereocenters. The molecule has 0 aliphatic carbocycles. The Hall–Kier alpha value is -1.39. The Morgan fingerprint density at radius 1 is 1.14 bits per heavy atom. The molecule has 1 aromatic carbocycles. The molecule has 2 rings (SSSR count). The summed E-state index contributed by atoms with van der Waals surface area (Å²) in [4.78, 5) is 15.5. The van der Waals surface area contributed by atoms with Gasteiger partial charge < -0.3 is 10.0 Å². The van der Waals surface area contributed by atoms with E-state index in [0.29, 0.717) is 0 Å². The van der Waals surface area contributed by atoms with Gasteiger partial charge in [0.05, 0.1) is 0 Å². The summed E-state index contributed by atoms with van der Waals surface area (Å²) in [5.41, 5.74) is 1.41. The molecule has 1 N–H and O–H groups in total. The minimum Gasteiger partial charge on any atom is -0.480 e. The molecule has 1 heterocycles. The van der Waals surface area contributed by atoms with Crippen LogP contribution in [0.2, 0.25) is 0 Å². The largest absolute Gasteiger partial charge is 0.480 e. The molecule has 4 nitrogen and oxygen atoms in total. The van der Waals surface area contributed by atoms with Crippen LogP contribution in [-0.2, 0) is 11.2 Å². The second-order valence-electron chi connectivity index (χ2n) is 5.83. The molecule has 1 atom stereocenters. The quantitative estimate of drug-likeness (QED) is 0.781. The lowest BCUT2D eigenvalue weighted by atomic mass is 10.1. The molecule has 1 aromatic rings. The molecule has 1 aliphatic rings. The van der Waals surface area contributed by atoms with Gasteiger partial charge in [0.15, 0.2) is 0 Å². The van der Waals surface area contributed by atoms with Gasteiger partial charge in [-0.05, 0) is 38.3 Å². The third kappa shape index (κ3) is 5.14. The molecule has 21 heavy (non-hydrogen) atoms. The van der Waals surface area contributed by atoms with E-state index in [1.165, 1.54) is 18.4 Å². The minimum absolute atomic E-state index is 0.356. The van der Waals surface area contributed by atoms with Gasteiger partial charge in [0.2, 0.25) is 0 Å². The lowest BCUT2D eigenvalue weighted by Crippen LogP contribution is -2.51. The molecule has 0 radical (unpaired) electrons. The van der Waals surface area contributed by atoms with E-state index in [4.69, 9.17) is 5.11 Å². The van der Waals surface area contributed by atoms with Gasteiger partial charge in [-0.2, -0.15) is 0 Å². The van der Waals surface area contributed by atoms with Gasteiger partial charge in [-0.1, -0.05) is 30.3 Å². The van der Waals surface area contributed by atoms with Crippen LogP contribution in [0, 0.1) is 0 Å². The molecule has 1 fully saturated rings. The predicted molar refractivity (Wildman–Crippen MR) is 84.5 cm³/mol. The summed E-state index contributed by atoms with van der Waals surface area (Å²) in [6.07, 6.45) is 3.58. The smallest absolute Gasteiger partial charge is 0.320 e. The molecule has 116 valence electrons. The summed E-state index contributed by atoms with van der Waals surface area (Å²) in [5.74, 6) is -0.716. The van der Waals surface area contributed by atoms with Crippen LogP contribution in [0.15, 0.2) is 30.3 Å². The van der Waals surface area contributed by atoms with Crippen LogP contribution in [0.4, 0.5) is 0 Å². The van der Waals surface area contributed by atoms with Gasteiger partial charge in [-0.3, -0.25) is 9.69 Å². The average Bonchev–Trinajstić information content (AvgIpc) is 2.52. The van der Waals surface area contributed by atoms with Gasteiger partial charge in [0, 0.05) is 26.2 Å². The molecule has 1 saturated heterocycles. The lowest BCUT2D eigenvalue weighted by Gasteiger charge is -2.36. The number of aliphatic carboxylic acids is 1.